The van der Waals surface area contributed by atoms with Gasteiger partial charge in [0, 0.05) is 13.7 Å². The van der Waals surface area contributed by atoms with E-state index in [2.05, 4.69) is 0 Å². The van der Waals surface area contributed by atoms with Gasteiger partial charge in [0.05, 0.1) is 6.10 Å². The van der Waals surface area contributed by atoms with Gasteiger partial charge < -0.3 is 20.3 Å². The van der Waals surface area contributed by atoms with Gasteiger partial charge in [-0.2, -0.15) is 0 Å². The van der Waals surface area contributed by atoms with Gasteiger partial charge in [-0.3, -0.25) is 0 Å². The molecule has 0 bridgehead atoms. The summed E-state index contributed by atoms with van der Waals surface area (Å²) in [4.78, 5) is 0. The molecule has 1 aromatic rings. The Morgan fingerprint density at radius 1 is 1.31 bits per heavy atom. The third-order valence-electron chi connectivity index (χ3n) is 2.69. The van der Waals surface area contributed by atoms with E-state index < -0.39 is 6.10 Å². The van der Waals surface area contributed by atoms with Crippen LogP contribution in [0.25, 0.3) is 0 Å². The summed E-state index contributed by atoms with van der Waals surface area (Å²) >= 11 is 0. The van der Waals surface area contributed by atoms with Gasteiger partial charge in [-0.15, -0.1) is 0 Å². The molecule has 0 heterocycles. The first-order valence-electron chi connectivity index (χ1n) is 5.21. The van der Waals surface area contributed by atoms with Crippen LogP contribution < -0.4 is 10.5 Å². The van der Waals surface area contributed by atoms with E-state index in [1.165, 1.54) is 0 Å². The Labute approximate surface area is 96.0 Å². The highest BCUT2D eigenvalue weighted by atomic mass is 16.7. The lowest BCUT2D eigenvalue weighted by molar-refractivity contribution is 0.0505. The Morgan fingerprint density at radius 3 is 2.56 bits per heavy atom. The lowest BCUT2D eigenvalue weighted by Gasteiger charge is -2.16. The molecule has 0 spiro atoms. The minimum atomic E-state index is -0.616. The van der Waals surface area contributed by atoms with E-state index in [0.29, 0.717) is 0 Å². The topological polar surface area (TPSA) is 64.7 Å². The standard InChI is InChI=1S/C12H19NO3/c1-8-9(2)12(16-7-15-3)5-4-10(8)11(14)6-13/h4-5,11,14H,6-7,13H2,1-3H3. The predicted molar refractivity (Wildman–Crippen MR) is 62.4 cm³/mol. The Hall–Kier alpha value is -1.10. The van der Waals surface area contributed by atoms with E-state index in [1.807, 2.05) is 26.0 Å². The Bertz CT molecular complexity index is 352. The maximum atomic E-state index is 9.71. The van der Waals surface area contributed by atoms with Crippen LogP contribution in [0.5, 0.6) is 5.75 Å². The third-order valence-corrected chi connectivity index (χ3v) is 2.69. The molecule has 1 rings (SSSR count). The maximum absolute atomic E-state index is 9.71. The van der Waals surface area contributed by atoms with Crippen molar-refractivity contribution in [3.8, 4) is 5.75 Å². The van der Waals surface area contributed by atoms with Gasteiger partial charge in [0.15, 0.2) is 6.79 Å². The van der Waals surface area contributed by atoms with Gasteiger partial charge in [-0.25, -0.2) is 0 Å². The van der Waals surface area contributed by atoms with Crippen LogP contribution in [-0.2, 0) is 4.74 Å². The van der Waals surface area contributed by atoms with Crippen molar-refractivity contribution in [1.82, 2.24) is 0 Å². The zero-order valence-corrected chi connectivity index (χ0v) is 9.99. The average Bonchev–Trinajstić information content (AvgIpc) is 2.30. The molecule has 0 aromatic heterocycles. The second-order valence-electron chi connectivity index (χ2n) is 3.71. The molecule has 0 saturated carbocycles. The van der Waals surface area contributed by atoms with Crippen molar-refractivity contribution in [2.75, 3.05) is 20.4 Å². The highest BCUT2D eigenvalue weighted by molar-refractivity contribution is 5.44. The Morgan fingerprint density at radius 2 is 2.00 bits per heavy atom. The molecule has 0 saturated heterocycles. The zero-order chi connectivity index (χ0) is 12.1. The lowest BCUT2D eigenvalue weighted by Crippen LogP contribution is -2.13. The second kappa shape index (κ2) is 5.84. The second-order valence-corrected chi connectivity index (χ2v) is 3.71. The molecule has 0 amide bonds. The summed E-state index contributed by atoms with van der Waals surface area (Å²) in [6.45, 7) is 4.34. The van der Waals surface area contributed by atoms with E-state index in [9.17, 15) is 5.11 Å². The number of benzene rings is 1. The van der Waals surface area contributed by atoms with Gasteiger partial charge in [0.2, 0.25) is 0 Å². The van der Waals surface area contributed by atoms with Crippen LogP contribution in [0.3, 0.4) is 0 Å². The number of aliphatic hydroxyl groups is 1. The molecular weight excluding hydrogens is 206 g/mol. The summed E-state index contributed by atoms with van der Waals surface area (Å²) in [5, 5.41) is 9.71. The molecule has 1 unspecified atom stereocenters. The molecular formula is C12H19NO3. The van der Waals surface area contributed by atoms with Crippen molar-refractivity contribution in [2.24, 2.45) is 5.73 Å². The number of methoxy groups -OCH3 is 1. The number of hydrogen-bond acceptors (Lipinski definition) is 4. The monoisotopic (exact) mass is 225 g/mol. The van der Waals surface area contributed by atoms with Crippen molar-refractivity contribution < 1.29 is 14.6 Å². The van der Waals surface area contributed by atoms with Crippen LogP contribution in [0.4, 0.5) is 0 Å². The smallest absolute Gasteiger partial charge is 0.188 e. The first-order chi connectivity index (χ1) is 7.61. The van der Waals surface area contributed by atoms with Crippen LogP contribution >= 0.6 is 0 Å². The van der Waals surface area contributed by atoms with Gasteiger partial charge in [-0.1, -0.05) is 6.07 Å². The molecule has 0 aliphatic heterocycles. The van der Waals surface area contributed by atoms with E-state index in [0.717, 1.165) is 22.4 Å². The molecule has 16 heavy (non-hydrogen) atoms. The van der Waals surface area contributed by atoms with Crippen LogP contribution in [-0.4, -0.2) is 25.6 Å². The third kappa shape index (κ3) is 2.72. The normalized spacial score (nSPS) is 12.6. The van der Waals surface area contributed by atoms with Gasteiger partial charge in [0.25, 0.3) is 0 Å². The molecule has 90 valence electrons. The van der Waals surface area contributed by atoms with Crippen molar-refractivity contribution in [1.29, 1.82) is 0 Å². The molecule has 4 heteroatoms. The number of hydrogen-bond donors (Lipinski definition) is 2. The zero-order valence-electron chi connectivity index (χ0n) is 9.99. The summed E-state index contributed by atoms with van der Waals surface area (Å²) in [5.41, 5.74) is 8.30. The van der Waals surface area contributed by atoms with Crippen molar-refractivity contribution in [3.05, 3.63) is 28.8 Å². The van der Waals surface area contributed by atoms with E-state index in [4.69, 9.17) is 15.2 Å². The molecule has 3 N–H and O–H groups in total. The summed E-state index contributed by atoms with van der Waals surface area (Å²) < 4.78 is 10.2. The predicted octanol–water partition coefficient (Wildman–Crippen LogP) is 1.28. The average molecular weight is 225 g/mol. The van der Waals surface area contributed by atoms with E-state index in [-0.39, 0.29) is 13.3 Å². The summed E-state index contributed by atoms with van der Waals surface area (Å²) in [6.07, 6.45) is -0.616. The molecule has 4 nitrogen and oxygen atoms in total. The van der Waals surface area contributed by atoms with Gasteiger partial charge in [-0.05, 0) is 36.6 Å². The highest BCUT2D eigenvalue weighted by Crippen LogP contribution is 2.27. The fraction of sp³-hybridized carbons (Fsp3) is 0.500. The number of ether oxygens (including phenoxy) is 2. The maximum Gasteiger partial charge on any atom is 0.188 e. The fourth-order valence-electron chi connectivity index (χ4n) is 1.58. The van der Waals surface area contributed by atoms with Gasteiger partial charge in [0.1, 0.15) is 5.75 Å². The molecule has 0 radical (unpaired) electrons. The molecule has 0 aliphatic carbocycles. The summed E-state index contributed by atoms with van der Waals surface area (Å²) in [7, 11) is 1.58. The molecule has 0 aliphatic rings. The first-order valence-corrected chi connectivity index (χ1v) is 5.21. The van der Waals surface area contributed by atoms with Crippen LogP contribution in [0.2, 0.25) is 0 Å². The first kappa shape index (κ1) is 13.0. The summed E-state index contributed by atoms with van der Waals surface area (Å²) in [5.74, 6) is 0.771. The van der Waals surface area contributed by atoms with Crippen LogP contribution in [0, 0.1) is 13.8 Å². The van der Waals surface area contributed by atoms with E-state index >= 15 is 0 Å². The summed E-state index contributed by atoms with van der Waals surface area (Å²) in [6, 6.07) is 3.67. The molecule has 1 atom stereocenters. The highest BCUT2D eigenvalue weighted by Gasteiger charge is 2.12. The van der Waals surface area contributed by atoms with E-state index in [1.54, 1.807) is 7.11 Å². The van der Waals surface area contributed by atoms with Crippen molar-refractivity contribution in [3.63, 3.8) is 0 Å². The Balaban J connectivity index is 2.98. The Kier molecular flexibility index (Phi) is 4.73. The SMILES string of the molecule is COCOc1ccc(C(O)CN)c(C)c1C. The molecule has 0 fully saturated rings. The van der Waals surface area contributed by atoms with Crippen LogP contribution in [0.1, 0.15) is 22.8 Å². The van der Waals surface area contributed by atoms with Crippen LogP contribution in [0.15, 0.2) is 12.1 Å². The number of aliphatic hydroxyl groups excluding tert-OH is 1. The number of rotatable bonds is 5. The van der Waals surface area contributed by atoms with Crippen molar-refractivity contribution >= 4 is 0 Å². The quantitative estimate of drug-likeness (QED) is 0.741. The lowest BCUT2D eigenvalue weighted by atomic mass is 9.98. The minimum Gasteiger partial charge on any atom is -0.467 e. The van der Waals surface area contributed by atoms with Gasteiger partial charge >= 0.3 is 0 Å². The largest absolute Gasteiger partial charge is 0.467 e. The minimum absolute atomic E-state index is 0.221. The number of nitrogens with two attached hydrogens (primary N) is 1. The van der Waals surface area contributed by atoms with Crippen molar-refractivity contribution in [2.45, 2.75) is 20.0 Å². The molecule has 1 aromatic carbocycles. The fourth-order valence-corrected chi connectivity index (χ4v) is 1.58.